The van der Waals surface area contributed by atoms with Crippen molar-refractivity contribution in [3.8, 4) is 11.5 Å². The maximum atomic E-state index is 12.6. The van der Waals surface area contributed by atoms with Crippen molar-refractivity contribution in [1.29, 1.82) is 0 Å². The molecule has 0 spiro atoms. The number of carbonyl (C=O) groups excluding carboxylic acids is 1. The van der Waals surface area contributed by atoms with Crippen LogP contribution in [0.3, 0.4) is 0 Å². The highest BCUT2D eigenvalue weighted by atomic mass is 16.5. The molecule has 20 heavy (non-hydrogen) atoms. The summed E-state index contributed by atoms with van der Waals surface area (Å²) in [6.45, 7) is 3.78. The lowest BCUT2D eigenvalue weighted by Gasteiger charge is -2.16. The summed E-state index contributed by atoms with van der Waals surface area (Å²) in [4.78, 5) is 12.6. The lowest BCUT2D eigenvalue weighted by molar-refractivity contribution is 0.0374. The maximum Gasteiger partial charge on any atom is 0.191 e. The van der Waals surface area contributed by atoms with Crippen molar-refractivity contribution in [2.24, 2.45) is 5.92 Å². The zero-order valence-electron chi connectivity index (χ0n) is 11.8. The monoisotopic (exact) mass is 276 g/mol. The average molecular weight is 276 g/mol. The molecule has 1 aliphatic heterocycles. The Morgan fingerprint density at radius 2 is 2.05 bits per heavy atom. The lowest BCUT2D eigenvalue weighted by atomic mass is 10.0. The van der Waals surface area contributed by atoms with Gasteiger partial charge >= 0.3 is 0 Å². The molecule has 1 aromatic rings. The second kappa shape index (κ2) is 5.83. The third-order valence-electron chi connectivity index (χ3n) is 3.69. The van der Waals surface area contributed by atoms with E-state index in [0.29, 0.717) is 37.1 Å². The highest BCUT2D eigenvalue weighted by Gasteiger charge is 2.37. The SMILES string of the molecule is CCOC(C(=O)c1ccc2c(c1)OCCCO2)C1CC1. The van der Waals surface area contributed by atoms with Crippen molar-refractivity contribution in [2.75, 3.05) is 19.8 Å². The molecule has 1 aromatic carbocycles. The first-order chi connectivity index (χ1) is 9.79. The van der Waals surface area contributed by atoms with Crippen LogP contribution in [-0.2, 0) is 4.74 Å². The molecule has 1 unspecified atom stereocenters. The van der Waals surface area contributed by atoms with Crippen LogP contribution in [0, 0.1) is 5.92 Å². The van der Waals surface area contributed by atoms with Crippen molar-refractivity contribution >= 4 is 5.78 Å². The molecule has 0 radical (unpaired) electrons. The van der Waals surface area contributed by atoms with Gasteiger partial charge in [0.15, 0.2) is 17.3 Å². The average Bonchev–Trinajstić information content (AvgIpc) is 3.29. The van der Waals surface area contributed by atoms with E-state index in [-0.39, 0.29) is 11.9 Å². The van der Waals surface area contributed by atoms with Crippen molar-refractivity contribution in [3.05, 3.63) is 23.8 Å². The summed E-state index contributed by atoms with van der Waals surface area (Å²) < 4.78 is 16.8. The second-order valence-electron chi connectivity index (χ2n) is 5.29. The third kappa shape index (κ3) is 2.80. The Kier molecular flexibility index (Phi) is 3.92. The van der Waals surface area contributed by atoms with Crippen molar-refractivity contribution < 1.29 is 19.0 Å². The number of carbonyl (C=O) groups is 1. The van der Waals surface area contributed by atoms with E-state index in [9.17, 15) is 4.79 Å². The number of ketones is 1. The van der Waals surface area contributed by atoms with Gasteiger partial charge in [0.05, 0.1) is 13.2 Å². The summed E-state index contributed by atoms with van der Waals surface area (Å²) in [5.41, 5.74) is 0.652. The summed E-state index contributed by atoms with van der Waals surface area (Å²) in [5.74, 6) is 1.83. The first kappa shape index (κ1) is 13.4. The number of ether oxygens (including phenoxy) is 3. The molecule has 0 bridgehead atoms. The van der Waals surface area contributed by atoms with Gasteiger partial charge in [0, 0.05) is 18.6 Å². The molecule has 1 saturated carbocycles. The van der Waals surface area contributed by atoms with Crippen LogP contribution in [0.4, 0.5) is 0 Å². The van der Waals surface area contributed by atoms with E-state index in [1.807, 2.05) is 19.1 Å². The van der Waals surface area contributed by atoms with Crippen molar-refractivity contribution in [3.63, 3.8) is 0 Å². The van der Waals surface area contributed by atoms with Crippen molar-refractivity contribution in [2.45, 2.75) is 32.3 Å². The molecule has 1 atom stereocenters. The molecular weight excluding hydrogens is 256 g/mol. The van der Waals surface area contributed by atoms with Gasteiger partial charge < -0.3 is 14.2 Å². The standard InChI is InChI=1S/C16H20O4/c1-2-18-16(11-4-5-11)15(17)12-6-7-13-14(10-12)20-9-3-8-19-13/h6-7,10-11,16H,2-5,8-9H2,1H3. The van der Waals surface area contributed by atoms with Crippen LogP contribution in [0.25, 0.3) is 0 Å². The van der Waals surface area contributed by atoms with Crippen LogP contribution in [0.15, 0.2) is 18.2 Å². The van der Waals surface area contributed by atoms with Crippen LogP contribution in [0.5, 0.6) is 11.5 Å². The van der Waals surface area contributed by atoms with Gasteiger partial charge in [-0.2, -0.15) is 0 Å². The third-order valence-corrected chi connectivity index (χ3v) is 3.69. The van der Waals surface area contributed by atoms with E-state index < -0.39 is 0 Å². The predicted molar refractivity (Wildman–Crippen MR) is 74.5 cm³/mol. The largest absolute Gasteiger partial charge is 0.490 e. The van der Waals surface area contributed by atoms with E-state index in [0.717, 1.165) is 25.0 Å². The Bertz CT molecular complexity index is 493. The van der Waals surface area contributed by atoms with E-state index >= 15 is 0 Å². The summed E-state index contributed by atoms with van der Waals surface area (Å²) in [6, 6.07) is 5.42. The van der Waals surface area contributed by atoms with E-state index in [1.54, 1.807) is 6.07 Å². The van der Waals surface area contributed by atoms with Gasteiger partial charge in [-0.25, -0.2) is 0 Å². The molecular formula is C16H20O4. The minimum Gasteiger partial charge on any atom is -0.490 e. The number of rotatable bonds is 5. The Labute approximate surface area is 119 Å². The van der Waals surface area contributed by atoms with Crippen molar-refractivity contribution in [1.82, 2.24) is 0 Å². The Balaban J connectivity index is 1.82. The minimum absolute atomic E-state index is 0.0602. The van der Waals surface area contributed by atoms with Crippen LogP contribution in [-0.4, -0.2) is 31.7 Å². The molecule has 1 heterocycles. The maximum absolute atomic E-state index is 12.6. The predicted octanol–water partition coefficient (Wildman–Crippen LogP) is 2.85. The molecule has 0 N–H and O–H groups in total. The Morgan fingerprint density at radius 3 is 2.75 bits per heavy atom. The molecule has 4 heteroatoms. The summed E-state index contributed by atoms with van der Waals surface area (Å²) in [6.07, 6.45) is 2.73. The number of benzene rings is 1. The van der Waals surface area contributed by atoms with Gasteiger partial charge in [0.25, 0.3) is 0 Å². The number of Topliss-reactive ketones (excluding diaryl/α,β-unsaturated/α-hetero) is 1. The fraction of sp³-hybridized carbons (Fsp3) is 0.562. The van der Waals surface area contributed by atoms with Gasteiger partial charge in [-0.1, -0.05) is 0 Å². The molecule has 1 fully saturated rings. The number of fused-ring (bicyclic) bond motifs is 1. The van der Waals surface area contributed by atoms with E-state index in [1.165, 1.54) is 0 Å². The van der Waals surface area contributed by atoms with Gasteiger partial charge in [0.2, 0.25) is 0 Å². The van der Waals surface area contributed by atoms with Crippen LogP contribution in [0.1, 0.15) is 36.5 Å². The van der Waals surface area contributed by atoms with Crippen LogP contribution in [0.2, 0.25) is 0 Å². The lowest BCUT2D eigenvalue weighted by Crippen LogP contribution is -2.26. The minimum atomic E-state index is -0.301. The molecule has 0 amide bonds. The molecule has 4 nitrogen and oxygen atoms in total. The zero-order valence-corrected chi connectivity index (χ0v) is 11.8. The normalized spacial score (nSPS) is 19.2. The van der Waals surface area contributed by atoms with Gasteiger partial charge in [-0.15, -0.1) is 0 Å². The Morgan fingerprint density at radius 1 is 1.30 bits per heavy atom. The van der Waals surface area contributed by atoms with E-state index in [4.69, 9.17) is 14.2 Å². The first-order valence-electron chi connectivity index (χ1n) is 7.35. The van der Waals surface area contributed by atoms with Gasteiger partial charge in [0.1, 0.15) is 6.10 Å². The quantitative estimate of drug-likeness (QED) is 0.776. The highest BCUT2D eigenvalue weighted by Crippen LogP contribution is 2.37. The molecule has 1 aliphatic carbocycles. The molecule has 2 aliphatic rings. The molecule has 0 saturated heterocycles. The molecule has 3 rings (SSSR count). The topological polar surface area (TPSA) is 44.8 Å². The summed E-state index contributed by atoms with van der Waals surface area (Å²) in [5, 5.41) is 0. The molecule has 0 aromatic heterocycles. The fourth-order valence-electron chi connectivity index (χ4n) is 2.49. The first-order valence-corrected chi connectivity index (χ1v) is 7.35. The number of hydrogen-bond acceptors (Lipinski definition) is 4. The summed E-state index contributed by atoms with van der Waals surface area (Å²) >= 11 is 0. The Hall–Kier alpha value is -1.55. The zero-order chi connectivity index (χ0) is 13.9. The van der Waals surface area contributed by atoms with Gasteiger partial charge in [-0.3, -0.25) is 4.79 Å². The highest BCUT2D eigenvalue weighted by molar-refractivity contribution is 6.00. The summed E-state index contributed by atoms with van der Waals surface area (Å²) in [7, 11) is 0. The molecule has 108 valence electrons. The van der Waals surface area contributed by atoms with E-state index in [2.05, 4.69) is 0 Å². The smallest absolute Gasteiger partial charge is 0.191 e. The van der Waals surface area contributed by atoms with Crippen LogP contribution >= 0.6 is 0 Å². The fourth-order valence-corrected chi connectivity index (χ4v) is 2.49. The second-order valence-corrected chi connectivity index (χ2v) is 5.29. The number of hydrogen-bond donors (Lipinski definition) is 0. The van der Waals surface area contributed by atoms with Crippen LogP contribution < -0.4 is 9.47 Å². The van der Waals surface area contributed by atoms with Gasteiger partial charge in [-0.05, 0) is 43.9 Å².